The van der Waals surface area contributed by atoms with Gasteiger partial charge in [0.2, 0.25) is 0 Å². The third-order valence-electron chi connectivity index (χ3n) is 3.95. The molecular formula is C17H17NO4. The van der Waals surface area contributed by atoms with Crippen LogP contribution in [-0.4, -0.2) is 16.1 Å². The van der Waals surface area contributed by atoms with Crippen LogP contribution in [0.5, 0.6) is 11.5 Å². The average molecular weight is 299 g/mol. The Balaban J connectivity index is 1.90. The van der Waals surface area contributed by atoms with Gasteiger partial charge >= 0.3 is 0 Å². The minimum Gasteiger partial charge on any atom is -0.504 e. The maximum absolute atomic E-state index is 10.9. The van der Waals surface area contributed by atoms with Crippen LogP contribution in [0.25, 0.3) is 11.1 Å². The van der Waals surface area contributed by atoms with Crippen LogP contribution in [0, 0.1) is 10.1 Å². The number of aromatic hydroxyl groups is 1. The summed E-state index contributed by atoms with van der Waals surface area (Å²) in [4.78, 5) is 10.5. The molecule has 2 aromatic rings. The molecule has 0 bridgehead atoms. The summed E-state index contributed by atoms with van der Waals surface area (Å²) < 4.78 is 5.86. The first-order valence-corrected chi connectivity index (χ1v) is 7.38. The number of hydrogen-bond acceptors (Lipinski definition) is 4. The predicted octanol–water partition coefficient (Wildman–Crippen LogP) is 4.29. The molecule has 2 aromatic carbocycles. The lowest BCUT2D eigenvalue weighted by Gasteiger charge is -2.15. The van der Waals surface area contributed by atoms with Crippen LogP contribution in [0.2, 0.25) is 0 Å². The second-order valence-electron chi connectivity index (χ2n) is 5.51. The Labute approximate surface area is 128 Å². The lowest BCUT2D eigenvalue weighted by Crippen LogP contribution is -2.10. The summed E-state index contributed by atoms with van der Waals surface area (Å²) in [6, 6.07) is 11.5. The van der Waals surface area contributed by atoms with Crippen molar-refractivity contribution in [3.8, 4) is 22.6 Å². The summed E-state index contributed by atoms with van der Waals surface area (Å²) in [6.07, 6.45) is 4.44. The Hall–Kier alpha value is -2.56. The number of ether oxygens (including phenoxy) is 1. The molecule has 0 spiro atoms. The van der Waals surface area contributed by atoms with Gasteiger partial charge in [-0.1, -0.05) is 18.2 Å². The van der Waals surface area contributed by atoms with Crippen LogP contribution in [0.15, 0.2) is 42.5 Å². The van der Waals surface area contributed by atoms with Gasteiger partial charge < -0.3 is 9.84 Å². The Kier molecular flexibility index (Phi) is 3.96. The summed E-state index contributed by atoms with van der Waals surface area (Å²) in [5.74, 6) is 0.539. The van der Waals surface area contributed by atoms with Crippen molar-refractivity contribution < 1.29 is 14.8 Å². The van der Waals surface area contributed by atoms with Crippen LogP contribution in [-0.2, 0) is 0 Å². The molecule has 1 saturated carbocycles. The SMILES string of the molecule is O=[N+]([O-])c1cccc(-c2ccc(O)c(OC3CCCC3)c2)c1. The van der Waals surface area contributed by atoms with E-state index in [9.17, 15) is 15.2 Å². The molecule has 0 aliphatic heterocycles. The third kappa shape index (κ3) is 3.03. The monoisotopic (exact) mass is 299 g/mol. The summed E-state index contributed by atoms with van der Waals surface area (Å²) in [6.45, 7) is 0. The highest BCUT2D eigenvalue weighted by molar-refractivity contribution is 5.69. The molecule has 1 aliphatic carbocycles. The first-order valence-electron chi connectivity index (χ1n) is 7.38. The molecule has 1 fully saturated rings. The number of hydrogen-bond donors (Lipinski definition) is 1. The molecule has 0 atom stereocenters. The highest BCUT2D eigenvalue weighted by Crippen LogP contribution is 2.35. The van der Waals surface area contributed by atoms with Crippen molar-refractivity contribution in [1.29, 1.82) is 0 Å². The third-order valence-corrected chi connectivity index (χ3v) is 3.95. The first kappa shape index (κ1) is 14.4. The molecule has 0 heterocycles. The van der Waals surface area contributed by atoms with E-state index in [2.05, 4.69) is 0 Å². The van der Waals surface area contributed by atoms with Crippen molar-refractivity contribution in [3.63, 3.8) is 0 Å². The minimum absolute atomic E-state index is 0.0452. The van der Waals surface area contributed by atoms with E-state index in [4.69, 9.17) is 4.74 Å². The number of nitrogens with zero attached hydrogens (tertiary/aromatic N) is 1. The zero-order valence-corrected chi connectivity index (χ0v) is 12.1. The van der Waals surface area contributed by atoms with Gasteiger partial charge in [-0.15, -0.1) is 0 Å². The molecule has 5 heteroatoms. The van der Waals surface area contributed by atoms with E-state index in [0.717, 1.165) is 36.8 Å². The summed E-state index contributed by atoms with van der Waals surface area (Å²) in [7, 11) is 0. The van der Waals surface area contributed by atoms with Gasteiger partial charge in [0.05, 0.1) is 11.0 Å². The van der Waals surface area contributed by atoms with Crippen molar-refractivity contribution in [3.05, 3.63) is 52.6 Å². The highest BCUT2D eigenvalue weighted by atomic mass is 16.6. The maximum Gasteiger partial charge on any atom is 0.270 e. The largest absolute Gasteiger partial charge is 0.504 e. The van der Waals surface area contributed by atoms with Crippen molar-refractivity contribution in [1.82, 2.24) is 0 Å². The van der Waals surface area contributed by atoms with E-state index >= 15 is 0 Å². The molecule has 3 rings (SSSR count). The fourth-order valence-electron chi connectivity index (χ4n) is 2.77. The van der Waals surface area contributed by atoms with E-state index in [1.54, 1.807) is 30.3 Å². The fraction of sp³-hybridized carbons (Fsp3) is 0.294. The minimum atomic E-state index is -0.417. The van der Waals surface area contributed by atoms with Gasteiger partial charge in [-0.25, -0.2) is 0 Å². The Morgan fingerprint density at radius 2 is 1.82 bits per heavy atom. The summed E-state index contributed by atoms with van der Waals surface area (Å²) in [5.41, 5.74) is 1.56. The van der Waals surface area contributed by atoms with Gasteiger partial charge in [-0.3, -0.25) is 10.1 Å². The van der Waals surface area contributed by atoms with Crippen LogP contribution >= 0.6 is 0 Å². The van der Waals surface area contributed by atoms with E-state index in [0.29, 0.717) is 5.75 Å². The quantitative estimate of drug-likeness (QED) is 0.675. The Bertz CT molecular complexity index is 693. The maximum atomic E-state index is 10.9. The number of benzene rings is 2. The molecular weight excluding hydrogens is 282 g/mol. The highest BCUT2D eigenvalue weighted by Gasteiger charge is 2.18. The number of rotatable bonds is 4. The zero-order chi connectivity index (χ0) is 15.5. The number of nitro benzene ring substituents is 1. The number of non-ortho nitro benzene ring substituents is 1. The van der Waals surface area contributed by atoms with E-state index in [-0.39, 0.29) is 17.5 Å². The Morgan fingerprint density at radius 3 is 2.55 bits per heavy atom. The van der Waals surface area contributed by atoms with Crippen molar-refractivity contribution in [2.24, 2.45) is 0 Å². The second-order valence-corrected chi connectivity index (χ2v) is 5.51. The second kappa shape index (κ2) is 6.05. The zero-order valence-electron chi connectivity index (χ0n) is 12.1. The molecule has 0 radical (unpaired) electrons. The van der Waals surface area contributed by atoms with Crippen LogP contribution < -0.4 is 4.74 Å². The van der Waals surface area contributed by atoms with Gasteiger partial charge in [0, 0.05) is 12.1 Å². The number of phenols is 1. The lowest BCUT2D eigenvalue weighted by atomic mass is 10.0. The lowest BCUT2D eigenvalue weighted by molar-refractivity contribution is -0.384. The van der Waals surface area contributed by atoms with Gasteiger partial charge in [0.15, 0.2) is 11.5 Å². The molecule has 22 heavy (non-hydrogen) atoms. The summed E-state index contributed by atoms with van der Waals surface area (Å²) in [5, 5.41) is 20.8. The normalized spacial score (nSPS) is 14.9. The standard InChI is InChI=1S/C17H17NO4/c19-16-9-8-13(11-17(16)22-15-6-1-2-7-15)12-4-3-5-14(10-12)18(20)21/h3-5,8-11,15,19H,1-2,6-7H2. The van der Waals surface area contributed by atoms with Crippen LogP contribution in [0.3, 0.4) is 0 Å². The smallest absolute Gasteiger partial charge is 0.270 e. The van der Waals surface area contributed by atoms with Crippen LogP contribution in [0.4, 0.5) is 5.69 Å². The molecule has 0 aromatic heterocycles. The topological polar surface area (TPSA) is 72.6 Å². The molecule has 0 saturated heterocycles. The van der Waals surface area contributed by atoms with E-state index in [1.165, 1.54) is 12.1 Å². The molecule has 1 aliphatic rings. The number of phenolic OH excluding ortho intramolecular Hbond substituents is 1. The van der Waals surface area contributed by atoms with Crippen molar-refractivity contribution >= 4 is 5.69 Å². The fourth-order valence-corrected chi connectivity index (χ4v) is 2.77. The van der Waals surface area contributed by atoms with Gasteiger partial charge in [0.25, 0.3) is 5.69 Å². The van der Waals surface area contributed by atoms with Crippen molar-refractivity contribution in [2.45, 2.75) is 31.8 Å². The first-order chi connectivity index (χ1) is 10.6. The van der Waals surface area contributed by atoms with E-state index in [1.807, 2.05) is 0 Å². The van der Waals surface area contributed by atoms with Gasteiger partial charge in [-0.2, -0.15) is 0 Å². The van der Waals surface area contributed by atoms with E-state index < -0.39 is 4.92 Å². The average Bonchev–Trinajstić information content (AvgIpc) is 3.02. The van der Waals surface area contributed by atoms with Crippen molar-refractivity contribution in [2.75, 3.05) is 0 Å². The van der Waals surface area contributed by atoms with Gasteiger partial charge in [-0.05, 0) is 48.9 Å². The molecule has 5 nitrogen and oxygen atoms in total. The molecule has 1 N–H and O–H groups in total. The molecule has 0 unspecified atom stereocenters. The Morgan fingerprint density at radius 1 is 1.09 bits per heavy atom. The molecule has 0 amide bonds. The summed E-state index contributed by atoms with van der Waals surface area (Å²) >= 11 is 0. The van der Waals surface area contributed by atoms with Gasteiger partial charge in [0.1, 0.15) is 0 Å². The van der Waals surface area contributed by atoms with Crippen LogP contribution in [0.1, 0.15) is 25.7 Å². The molecule has 114 valence electrons. The number of nitro groups is 1. The predicted molar refractivity (Wildman–Crippen MR) is 83.1 cm³/mol.